The maximum atomic E-state index is 14.5. The van der Waals surface area contributed by atoms with Crippen LogP contribution in [0.2, 0.25) is 0 Å². The molecule has 9 aromatic rings. The van der Waals surface area contributed by atoms with Crippen molar-refractivity contribution in [2.45, 2.75) is 69.2 Å². The van der Waals surface area contributed by atoms with Crippen LogP contribution in [0, 0.1) is 0 Å². The fourth-order valence-corrected chi connectivity index (χ4v) is 14.2. The Morgan fingerprint density at radius 1 is 0.627 bits per heavy atom. The number of likely N-dealkylation sites (tertiary alicyclic amines) is 2. The summed E-state index contributed by atoms with van der Waals surface area (Å²) < 4.78 is 6.49. The van der Waals surface area contributed by atoms with Crippen molar-refractivity contribution >= 4 is 91.6 Å². The summed E-state index contributed by atoms with van der Waals surface area (Å²) in [6.07, 6.45) is 7.05. The number of carbonyl (C=O) groups is 6. The lowest BCUT2D eigenvalue weighted by Gasteiger charge is -2.37. The lowest BCUT2D eigenvalue weighted by molar-refractivity contribution is 0.0878. The van der Waals surface area contributed by atoms with E-state index >= 15 is 0 Å². The summed E-state index contributed by atoms with van der Waals surface area (Å²) in [5.41, 5.74) is 4.77. The molecule has 16 nitrogen and oxygen atoms in total. The largest absolute Gasteiger partial charge is 0.507 e. The van der Waals surface area contributed by atoms with Gasteiger partial charge in [0, 0.05) is 77.8 Å². The molecule has 0 spiro atoms. The van der Waals surface area contributed by atoms with E-state index in [0.29, 0.717) is 102 Å². The molecule has 0 radical (unpaired) electrons. The summed E-state index contributed by atoms with van der Waals surface area (Å²) in [7, 11) is 1.99. The molecule has 3 fully saturated rings. The van der Waals surface area contributed by atoms with Gasteiger partial charge in [0.25, 0.3) is 17.7 Å². The summed E-state index contributed by atoms with van der Waals surface area (Å²) in [5.74, 6) is -0.250. The highest BCUT2D eigenvalue weighted by atomic mass is 32.1. The van der Waals surface area contributed by atoms with Gasteiger partial charge in [-0.05, 0) is 155 Å². The second-order valence-electron chi connectivity index (χ2n) is 21.9. The van der Waals surface area contributed by atoms with Gasteiger partial charge in [0.1, 0.15) is 23.0 Å². The van der Waals surface area contributed by atoms with Crippen molar-refractivity contribution in [2.24, 2.45) is 0 Å². The Hall–Kier alpha value is -8.52. The van der Waals surface area contributed by atoms with E-state index in [-0.39, 0.29) is 81.6 Å². The molecule has 18 heteroatoms. The Kier molecular flexibility index (Phi) is 15.5. The topological polar surface area (TPSA) is 231 Å². The van der Waals surface area contributed by atoms with Crippen molar-refractivity contribution in [3.63, 3.8) is 0 Å². The van der Waals surface area contributed by atoms with Crippen LogP contribution in [0.3, 0.4) is 0 Å². The van der Waals surface area contributed by atoms with Crippen LogP contribution in [0.4, 0.5) is 0 Å². The number of furan rings is 1. The standard InChI is InChI=1S/C65H60N6O10S2/c1-70-31-44(11-15-53(70)49-28-57(81-61(49)65(80)67-29-43-4-2-3-22-66-43)39-5-12-46-36(24-39)8-16-54(75)50(46)33-72)68-64(79)60-27-42(62(83-60)41-7-14-48-38(26-41)10-18-56(77)52(48)35-74)30-71-23-21-45(32-71)69-63(78)59-20-19-58(82-59)40-6-13-47-37(25-40)9-17-55(76)51(47)34-73/h5-10,12-14,16-20,24-28,33-35,43-45,53,66,75-77H,2-4,11,15,21-23,29-32H2,1H3,(H,67,80)(H,68,79)(H,69,78). The van der Waals surface area contributed by atoms with Crippen LogP contribution in [0.25, 0.3) is 64.5 Å². The molecule has 3 amide bonds. The maximum Gasteiger partial charge on any atom is 0.287 e. The number of carbonyl (C=O) groups excluding carboxylic acids is 6. The zero-order valence-electron chi connectivity index (χ0n) is 45.4. The number of phenolic OH excluding ortho intramolecular Hbond substituents is 3. The molecule has 0 saturated carbocycles. The number of likely N-dealkylation sites (N-methyl/N-ethyl adjacent to an activating group) is 1. The van der Waals surface area contributed by atoms with E-state index in [1.807, 2.05) is 73.8 Å². The summed E-state index contributed by atoms with van der Waals surface area (Å²) in [5, 5.41) is 48.3. The van der Waals surface area contributed by atoms with Crippen LogP contribution < -0.4 is 21.3 Å². The summed E-state index contributed by atoms with van der Waals surface area (Å²) in [6.45, 7) is 3.65. The van der Waals surface area contributed by atoms with Gasteiger partial charge >= 0.3 is 0 Å². The zero-order chi connectivity index (χ0) is 57.5. The highest BCUT2D eigenvalue weighted by molar-refractivity contribution is 7.17. The average molecular weight is 1150 g/mol. The molecule has 12 rings (SSSR count). The van der Waals surface area contributed by atoms with Crippen LogP contribution in [0.15, 0.2) is 120 Å². The van der Waals surface area contributed by atoms with Crippen LogP contribution >= 0.6 is 22.7 Å². The maximum absolute atomic E-state index is 14.5. The molecular formula is C65H60N6O10S2. The van der Waals surface area contributed by atoms with Gasteiger partial charge in [-0.15, -0.1) is 22.7 Å². The van der Waals surface area contributed by atoms with E-state index < -0.39 is 0 Å². The fraction of sp³-hybridized carbons (Fsp3) is 0.262. The SMILES string of the molecule is CN1CC(NC(=O)c2cc(CN3CCC(NC(=O)c4ccc(-c5ccc6c(C=O)c(O)ccc6c5)s4)C3)c(-c3ccc4c(C=O)c(O)ccc4c3)s2)CCC1c1cc(-c2ccc3c(C=O)c(O)ccc3c2)oc1C(=O)NCC1CCCCN1. The summed E-state index contributed by atoms with van der Waals surface area (Å²) in [4.78, 5) is 85.3. The smallest absolute Gasteiger partial charge is 0.287 e. The van der Waals surface area contributed by atoms with E-state index in [9.17, 15) is 44.1 Å². The first-order chi connectivity index (χ1) is 40.3. The highest BCUT2D eigenvalue weighted by Gasteiger charge is 2.35. The predicted octanol–water partition coefficient (Wildman–Crippen LogP) is 10.9. The van der Waals surface area contributed by atoms with Crippen molar-refractivity contribution in [2.75, 3.05) is 39.8 Å². The number of rotatable bonds is 16. The third-order valence-electron chi connectivity index (χ3n) is 16.6. The number of amides is 3. The van der Waals surface area contributed by atoms with Gasteiger partial charge in [-0.2, -0.15) is 0 Å². The molecule has 3 aliphatic rings. The third-order valence-corrected chi connectivity index (χ3v) is 18.9. The molecule has 6 aromatic carbocycles. The van der Waals surface area contributed by atoms with Gasteiger partial charge < -0.3 is 41.0 Å². The first kappa shape index (κ1) is 55.0. The van der Waals surface area contributed by atoms with Crippen molar-refractivity contribution in [3.8, 4) is 49.5 Å². The van der Waals surface area contributed by atoms with Crippen LogP contribution in [-0.2, 0) is 6.54 Å². The molecule has 0 bridgehead atoms. The van der Waals surface area contributed by atoms with Gasteiger partial charge in [-0.3, -0.25) is 38.6 Å². The molecule has 422 valence electrons. The Labute approximate surface area is 485 Å². The predicted molar refractivity (Wildman–Crippen MR) is 322 cm³/mol. The van der Waals surface area contributed by atoms with Gasteiger partial charge in [-0.25, -0.2) is 0 Å². The second kappa shape index (κ2) is 23.4. The molecule has 7 N–H and O–H groups in total. The summed E-state index contributed by atoms with van der Waals surface area (Å²) in [6, 6.07) is 33.8. The molecular weight excluding hydrogens is 1090 g/mol. The van der Waals surface area contributed by atoms with E-state index in [1.54, 1.807) is 30.3 Å². The zero-order valence-corrected chi connectivity index (χ0v) is 47.0. The second-order valence-corrected chi connectivity index (χ2v) is 24.1. The van der Waals surface area contributed by atoms with Crippen molar-refractivity contribution in [3.05, 3.63) is 159 Å². The minimum atomic E-state index is -0.309. The Morgan fingerprint density at radius 2 is 1.23 bits per heavy atom. The van der Waals surface area contributed by atoms with Gasteiger partial charge in [0.05, 0.1) is 26.4 Å². The number of phenols is 3. The molecule has 6 heterocycles. The lowest BCUT2D eigenvalue weighted by atomic mass is 9.92. The number of piperidine rings is 2. The van der Waals surface area contributed by atoms with Gasteiger partial charge in [0.2, 0.25) is 0 Å². The highest BCUT2D eigenvalue weighted by Crippen LogP contribution is 2.41. The van der Waals surface area contributed by atoms with E-state index in [0.717, 1.165) is 80.4 Å². The number of fused-ring (bicyclic) bond motifs is 3. The summed E-state index contributed by atoms with van der Waals surface area (Å²) >= 11 is 2.77. The number of aromatic hydroxyl groups is 3. The lowest BCUT2D eigenvalue weighted by Crippen LogP contribution is -2.47. The third kappa shape index (κ3) is 11.2. The molecule has 3 saturated heterocycles. The van der Waals surface area contributed by atoms with Gasteiger partial charge in [0.15, 0.2) is 24.6 Å². The average Bonchev–Trinajstić information content (AvgIpc) is 4.57. The van der Waals surface area contributed by atoms with E-state index in [2.05, 4.69) is 31.1 Å². The van der Waals surface area contributed by atoms with Gasteiger partial charge in [-0.1, -0.05) is 61.0 Å². The number of hydrogen-bond acceptors (Lipinski definition) is 15. The Bertz CT molecular complexity index is 4050. The van der Waals surface area contributed by atoms with Crippen LogP contribution in [0.5, 0.6) is 17.2 Å². The molecule has 4 unspecified atom stereocenters. The number of aldehydes is 3. The number of nitrogens with one attached hydrogen (secondary N) is 4. The first-order valence-electron chi connectivity index (χ1n) is 27.9. The Balaban J connectivity index is 0.754. The number of hydrogen-bond donors (Lipinski definition) is 7. The van der Waals surface area contributed by atoms with Crippen LogP contribution in [0.1, 0.15) is 117 Å². The van der Waals surface area contributed by atoms with Crippen molar-refractivity contribution in [1.82, 2.24) is 31.1 Å². The minimum Gasteiger partial charge on any atom is -0.507 e. The molecule has 3 aromatic heterocycles. The minimum absolute atomic E-state index is 0.0721. The van der Waals surface area contributed by atoms with Crippen molar-refractivity contribution < 1.29 is 48.5 Å². The van der Waals surface area contributed by atoms with E-state index in [1.165, 1.54) is 40.9 Å². The molecule has 0 aliphatic carbocycles. The molecule has 3 aliphatic heterocycles. The normalized spacial score (nSPS) is 18.6. The van der Waals surface area contributed by atoms with Crippen LogP contribution in [-0.4, -0.2) is 120 Å². The quantitative estimate of drug-likeness (QED) is 0.0447. The molecule has 4 atom stereocenters. The monoisotopic (exact) mass is 1150 g/mol. The number of thiophene rings is 2. The van der Waals surface area contributed by atoms with Crippen molar-refractivity contribution in [1.29, 1.82) is 0 Å². The Morgan fingerprint density at radius 3 is 1.86 bits per heavy atom. The van der Waals surface area contributed by atoms with E-state index in [4.69, 9.17) is 4.42 Å². The fourth-order valence-electron chi connectivity index (χ4n) is 12.2. The number of benzene rings is 6. The first-order valence-corrected chi connectivity index (χ1v) is 29.5. The molecule has 83 heavy (non-hydrogen) atoms. The number of nitrogens with zero attached hydrogens (tertiary/aromatic N) is 2.